The van der Waals surface area contributed by atoms with E-state index in [1.54, 1.807) is 6.20 Å². The van der Waals surface area contributed by atoms with Crippen LogP contribution < -0.4 is 0 Å². The zero-order valence-corrected chi connectivity index (χ0v) is 8.57. The Hall–Kier alpha value is -1.62. The molecule has 0 unspecified atom stereocenters. The van der Waals surface area contributed by atoms with Crippen LogP contribution in [0.4, 0.5) is 0 Å². The van der Waals surface area contributed by atoms with Crippen molar-refractivity contribution in [3.8, 4) is 0 Å². The number of aromatic nitrogens is 2. The van der Waals surface area contributed by atoms with Gasteiger partial charge in [-0.3, -0.25) is 4.79 Å². The van der Waals surface area contributed by atoms with Gasteiger partial charge in [0.1, 0.15) is 5.03 Å². The van der Waals surface area contributed by atoms with E-state index in [4.69, 9.17) is 5.11 Å². The SMILES string of the molecule is O=C(O)CSc1nncc2ccccc12. The second kappa shape index (κ2) is 4.27. The summed E-state index contributed by atoms with van der Waals surface area (Å²) in [6.07, 6.45) is 1.67. The van der Waals surface area contributed by atoms with Crippen LogP contribution in [-0.4, -0.2) is 27.0 Å². The van der Waals surface area contributed by atoms with Crippen molar-refractivity contribution in [2.24, 2.45) is 0 Å². The Balaban J connectivity index is 2.38. The molecule has 0 atom stereocenters. The summed E-state index contributed by atoms with van der Waals surface area (Å²) in [7, 11) is 0. The minimum Gasteiger partial charge on any atom is -0.481 e. The van der Waals surface area contributed by atoms with Gasteiger partial charge in [0, 0.05) is 10.8 Å². The van der Waals surface area contributed by atoms with Crippen molar-refractivity contribution in [3.05, 3.63) is 30.5 Å². The molecule has 0 aliphatic rings. The van der Waals surface area contributed by atoms with Gasteiger partial charge in [-0.1, -0.05) is 36.0 Å². The molecule has 2 aromatic rings. The molecule has 0 spiro atoms. The second-order valence-corrected chi connectivity index (χ2v) is 3.88. The molecule has 1 heterocycles. The average molecular weight is 220 g/mol. The molecule has 76 valence electrons. The van der Waals surface area contributed by atoms with Crippen molar-refractivity contribution in [2.75, 3.05) is 5.75 Å². The highest BCUT2D eigenvalue weighted by Gasteiger charge is 2.05. The lowest BCUT2D eigenvalue weighted by molar-refractivity contribution is -0.133. The molecular weight excluding hydrogens is 212 g/mol. The first-order chi connectivity index (χ1) is 7.27. The highest BCUT2D eigenvalue weighted by atomic mass is 32.2. The maximum Gasteiger partial charge on any atom is 0.313 e. The Morgan fingerprint density at radius 3 is 3.00 bits per heavy atom. The van der Waals surface area contributed by atoms with Crippen LogP contribution in [0.15, 0.2) is 35.5 Å². The summed E-state index contributed by atoms with van der Waals surface area (Å²) in [6.45, 7) is 0. The van der Waals surface area contributed by atoms with Crippen LogP contribution in [0, 0.1) is 0 Å². The highest BCUT2D eigenvalue weighted by molar-refractivity contribution is 8.00. The summed E-state index contributed by atoms with van der Waals surface area (Å²) in [6, 6.07) is 7.65. The van der Waals surface area contributed by atoms with Crippen molar-refractivity contribution < 1.29 is 9.90 Å². The molecule has 0 aliphatic carbocycles. The Bertz CT molecular complexity index is 496. The van der Waals surface area contributed by atoms with Gasteiger partial charge in [0.05, 0.1) is 11.9 Å². The maximum atomic E-state index is 10.4. The van der Waals surface area contributed by atoms with Gasteiger partial charge in [-0.15, -0.1) is 5.10 Å². The summed E-state index contributed by atoms with van der Waals surface area (Å²) in [5, 5.41) is 18.9. The topological polar surface area (TPSA) is 63.1 Å². The molecule has 15 heavy (non-hydrogen) atoms. The number of benzene rings is 1. The summed E-state index contributed by atoms with van der Waals surface area (Å²) in [4.78, 5) is 10.4. The number of hydrogen-bond donors (Lipinski definition) is 1. The first-order valence-corrected chi connectivity index (χ1v) is 5.31. The van der Waals surface area contributed by atoms with Crippen molar-refractivity contribution in [1.82, 2.24) is 10.2 Å². The number of carboxylic acids is 1. The van der Waals surface area contributed by atoms with Gasteiger partial charge in [-0.25, -0.2) is 0 Å². The number of carbonyl (C=O) groups is 1. The van der Waals surface area contributed by atoms with Crippen LogP contribution in [-0.2, 0) is 4.79 Å². The second-order valence-electron chi connectivity index (χ2n) is 2.92. The average Bonchev–Trinajstić information content (AvgIpc) is 2.26. The zero-order valence-electron chi connectivity index (χ0n) is 7.75. The summed E-state index contributed by atoms with van der Waals surface area (Å²) in [5.74, 6) is -0.849. The highest BCUT2D eigenvalue weighted by Crippen LogP contribution is 2.24. The first kappa shape index (κ1) is 9.92. The van der Waals surface area contributed by atoms with Gasteiger partial charge >= 0.3 is 5.97 Å². The van der Waals surface area contributed by atoms with Crippen molar-refractivity contribution >= 4 is 28.5 Å². The summed E-state index contributed by atoms with van der Waals surface area (Å²) >= 11 is 1.18. The first-order valence-electron chi connectivity index (χ1n) is 4.32. The van der Waals surface area contributed by atoms with Crippen LogP contribution in [0.5, 0.6) is 0 Å². The predicted molar refractivity (Wildman–Crippen MR) is 57.9 cm³/mol. The minimum absolute atomic E-state index is 0.00267. The molecule has 0 bridgehead atoms. The number of thioether (sulfide) groups is 1. The molecule has 0 amide bonds. The number of hydrogen-bond acceptors (Lipinski definition) is 4. The van der Waals surface area contributed by atoms with E-state index in [-0.39, 0.29) is 5.75 Å². The number of aliphatic carboxylic acids is 1. The van der Waals surface area contributed by atoms with Crippen LogP contribution in [0.25, 0.3) is 10.8 Å². The van der Waals surface area contributed by atoms with E-state index >= 15 is 0 Å². The van der Waals surface area contributed by atoms with E-state index < -0.39 is 5.97 Å². The molecule has 0 aliphatic heterocycles. The molecule has 1 aromatic carbocycles. The lowest BCUT2D eigenvalue weighted by Gasteiger charge is -2.01. The number of fused-ring (bicyclic) bond motifs is 1. The third kappa shape index (κ3) is 2.24. The van der Waals surface area contributed by atoms with Crippen molar-refractivity contribution in [1.29, 1.82) is 0 Å². The number of nitrogens with zero attached hydrogens (tertiary/aromatic N) is 2. The van der Waals surface area contributed by atoms with Crippen LogP contribution in [0.1, 0.15) is 0 Å². The largest absolute Gasteiger partial charge is 0.481 e. The maximum absolute atomic E-state index is 10.4. The molecule has 0 saturated carbocycles. The number of carboxylic acid groups (broad SMARTS) is 1. The summed E-state index contributed by atoms with van der Waals surface area (Å²) < 4.78 is 0. The number of rotatable bonds is 3. The molecule has 0 radical (unpaired) electrons. The van der Waals surface area contributed by atoms with E-state index in [0.717, 1.165) is 10.8 Å². The quantitative estimate of drug-likeness (QED) is 0.799. The smallest absolute Gasteiger partial charge is 0.313 e. The molecular formula is C10H8N2O2S. The molecule has 1 N–H and O–H groups in total. The van der Waals surface area contributed by atoms with Crippen LogP contribution in [0.2, 0.25) is 0 Å². The van der Waals surface area contributed by atoms with E-state index in [2.05, 4.69) is 10.2 Å². The van der Waals surface area contributed by atoms with Crippen LogP contribution >= 0.6 is 11.8 Å². The molecule has 0 saturated heterocycles. The van der Waals surface area contributed by atoms with Gasteiger partial charge in [-0.2, -0.15) is 5.10 Å². The normalized spacial score (nSPS) is 10.4. The van der Waals surface area contributed by atoms with Crippen molar-refractivity contribution in [3.63, 3.8) is 0 Å². The van der Waals surface area contributed by atoms with Gasteiger partial charge in [-0.05, 0) is 0 Å². The lowest BCUT2D eigenvalue weighted by Crippen LogP contribution is -1.98. The van der Waals surface area contributed by atoms with E-state index in [9.17, 15) is 4.79 Å². The Morgan fingerprint density at radius 2 is 2.20 bits per heavy atom. The fraction of sp³-hybridized carbons (Fsp3) is 0.100. The van der Waals surface area contributed by atoms with E-state index in [1.165, 1.54) is 11.8 Å². The minimum atomic E-state index is -0.852. The van der Waals surface area contributed by atoms with E-state index in [1.807, 2.05) is 24.3 Å². The molecule has 0 fully saturated rings. The molecule has 4 nitrogen and oxygen atoms in total. The third-order valence-electron chi connectivity index (χ3n) is 1.87. The fourth-order valence-electron chi connectivity index (χ4n) is 1.24. The molecule has 1 aromatic heterocycles. The van der Waals surface area contributed by atoms with E-state index in [0.29, 0.717) is 5.03 Å². The Labute approximate surface area is 90.3 Å². The van der Waals surface area contributed by atoms with Gasteiger partial charge in [0.2, 0.25) is 0 Å². The van der Waals surface area contributed by atoms with Gasteiger partial charge < -0.3 is 5.11 Å². The lowest BCUT2D eigenvalue weighted by atomic mass is 10.2. The fourth-order valence-corrected chi connectivity index (χ4v) is 1.94. The summed E-state index contributed by atoms with van der Waals surface area (Å²) in [5.41, 5.74) is 0. The van der Waals surface area contributed by atoms with Gasteiger partial charge in [0.25, 0.3) is 0 Å². The standard InChI is InChI=1S/C10H8N2O2S/c13-9(14)6-15-10-8-4-2-1-3-7(8)5-11-12-10/h1-5H,6H2,(H,13,14). The Morgan fingerprint density at radius 1 is 1.40 bits per heavy atom. The molecule has 5 heteroatoms. The predicted octanol–water partition coefficient (Wildman–Crippen LogP) is 1.81. The monoisotopic (exact) mass is 220 g/mol. The van der Waals surface area contributed by atoms with Crippen LogP contribution in [0.3, 0.4) is 0 Å². The van der Waals surface area contributed by atoms with Gasteiger partial charge in [0.15, 0.2) is 0 Å². The van der Waals surface area contributed by atoms with Crippen molar-refractivity contribution in [2.45, 2.75) is 5.03 Å². The zero-order chi connectivity index (χ0) is 10.7. The Kier molecular flexibility index (Phi) is 2.82. The molecule has 2 rings (SSSR count). The third-order valence-corrected chi connectivity index (χ3v) is 2.84.